The van der Waals surface area contributed by atoms with E-state index in [1.807, 2.05) is 30.3 Å². The van der Waals surface area contributed by atoms with E-state index in [2.05, 4.69) is 14.7 Å². The van der Waals surface area contributed by atoms with Crippen LogP contribution in [0.1, 0.15) is 47.0 Å². The van der Waals surface area contributed by atoms with Gasteiger partial charge in [-0.25, -0.2) is 19.2 Å². The average Bonchev–Trinajstić information content (AvgIpc) is 3.12. The van der Waals surface area contributed by atoms with E-state index in [0.717, 1.165) is 11.6 Å². The fourth-order valence-electron chi connectivity index (χ4n) is 3.82. The zero-order valence-electron chi connectivity index (χ0n) is 25.2. The van der Waals surface area contributed by atoms with Crippen LogP contribution in [0.25, 0.3) is 0 Å². The Morgan fingerprint density at radius 2 is 1.11 bits per heavy atom. The third-order valence-corrected chi connectivity index (χ3v) is 6.18. The van der Waals surface area contributed by atoms with Gasteiger partial charge < -0.3 is 28.8 Å². The molecular weight excluding hydrogens is 608 g/mol. The third kappa shape index (κ3) is 9.46. The topological polar surface area (TPSA) is 160 Å². The number of pyridine rings is 2. The van der Waals surface area contributed by atoms with Crippen LogP contribution in [0.3, 0.4) is 0 Å². The zero-order chi connectivity index (χ0) is 33.6. The van der Waals surface area contributed by atoms with E-state index >= 15 is 0 Å². The number of hydrogen-bond donors (Lipinski definition) is 1. The van der Waals surface area contributed by atoms with Crippen molar-refractivity contribution in [2.75, 3.05) is 14.2 Å². The van der Waals surface area contributed by atoms with Crippen LogP contribution < -0.4 is 14.2 Å². The lowest BCUT2D eigenvalue weighted by Crippen LogP contribution is -2.11. The van der Waals surface area contributed by atoms with Gasteiger partial charge in [-0.3, -0.25) is 9.97 Å². The SMILES string of the molecule is COC(=O)c1ccc(OC(=O)c2cccnc2)c(O)c1.COC(=O)c1ccc(OC(=O)c2cccnc2)c(OCc2ccccc2)c1. The van der Waals surface area contributed by atoms with Gasteiger partial charge in [-0.05, 0) is 66.2 Å². The predicted octanol–water partition coefficient (Wildman–Crippen LogP) is 5.46. The summed E-state index contributed by atoms with van der Waals surface area (Å²) in [5, 5.41) is 9.73. The van der Waals surface area contributed by atoms with Crippen molar-refractivity contribution in [2.24, 2.45) is 0 Å². The minimum atomic E-state index is -0.654. The number of hydrogen-bond acceptors (Lipinski definition) is 12. The summed E-state index contributed by atoms with van der Waals surface area (Å²) in [4.78, 5) is 54.8. The van der Waals surface area contributed by atoms with Gasteiger partial charge in [-0.15, -0.1) is 0 Å². The number of rotatable bonds is 9. The van der Waals surface area contributed by atoms with Gasteiger partial charge >= 0.3 is 23.9 Å². The average molecular weight is 637 g/mol. The van der Waals surface area contributed by atoms with E-state index in [0.29, 0.717) is 11.1 Å². The molecule has 2 aromatic heterocycles. The fraction of sp³-hybridized carbons (Fsp3) is 0.0857. The second kappa shape index (κ2) is 16.5. The Bertz CT molecular complexity index is 1830. The molecule has 0 saturated carbocycles. The number of phenols is 1. The number of esters is 4. The maximum absolute atomic E-state index is 12.3. The summed E-state index contributed by atoms with van der Waals surface area (Å²) in [5.41, 5.74) is 1.95. The predicted molar refractivity (Wildman–Crippen MR) is 166 cm³/mol. The van der Waals surface area contributed by atoms with E-state index < -0.39 is 23.9 Å². The van der Waals surface area contributed by atoms with Gasteiger partial charge in [-0.1, -0.05) is 30.3 Å². The molecule has 3 aromatic carbocycles. The second-order valence-electron chi connectivity index (χ2n) is 9.36. The minimum absolute atomic E-state index is 0.0495. The van der Waals surface area contributed by atoms with Crippen LogP contribution in [0.15, 0.2) is 116 Å². The number of aromatic hydroxyl groups is 1. The lowest BCUT2D eigenvalue weighted by atomic mass is 10.2. The molecule has 0 fully saturated rings. The van der Waals surface area contributed by atoms with E-state index in [1.165, 1.54) is 69.2 Å². The van der Waals surface area contributed by atoms with Crippen molar-refractivity contribution in [2.45, 2.75) is 6.61 Å². The molecule has 5 rings (SSSR count). The van der Waals surface area contributed by atoms with E-state index in [1.54, 1.807) is 24.4 Å². The summed E-state index contributed by atoms with van der Waals surface area (Å²) in [6, 6.07) is 24.2. The first kappa shape index (κ1) is 33.3. The summed E-state index contributed by atoms with van der Waals surface area (Å²) >= 11 is 0. The highest BCUT2D eigenvalue weighted by Gasteiger charge is 2.17. The van der Waals surface area contributed by atoms with Crippen LogP contribution in [0, 0.1) is 0 Å². The Hall–Kier alpha value is -6.56. The van der Waals surface area contributed by atoms with Gasteiger partial charge in [0.05, 0.1) is 36.5 Å². The van der Waals surface area contributed by atoms with E-state index in [-0.39, 0.29) is 40.7 Å². The van der Waals surface area contributed by atoms with Crippen LogP contribution in [-0.4, -0.2) is 53.2 Å². The molecule has 238 valence electrons. The molecule has 2 heterocycles. The number of methoxy groups -OCH3 is 2. The standard InChI is InChI=1S/C21H17NO5.C14H11NO5/c1-25-20(23)16-9-10-18(27-21(24)17-8-5-11-22-13-17)19(12-16)26-14-15-6-3-2-4-7-15;1-19-13(17)9-4-5-12(11(16)7-9)20-14(18)10-3-2-6-15-8-10/h2-13H,14H2,1H3;2-8,16H,1H3. The number of phenolic OH excluding ortho intramolecular Hbond substituents is 1. The van der Waals surface area contributed by atoms with Gasteiger partial charge in [0.2, 0.25) is 0 Å². The van der Waals surface area contributed by atoms with Crippen molar-refractivity contribution in [3.8, 4) is 23.0 Å². The fourth-order valence-corrected chi connectivity index (χ4v) is 3.82. The number of ether oxygens (including phenoxy) is 5. The first-order valence-corrected chi connectivity index (χ1v) is 13.8. The lowest BCUT2D eigenvalue weighted by Gasteiger charge is -2.13. The molecule has 5 aromatic rings. The number of carbonyl (C=O) groups excluding carboxylic acids is 4. The third-order valence-electron chi connectivity index (χ3n) is 6.18. The molecule has 0 amide bonds. The smallest absolute Gasteiger partial charge is 0.345 e. The van der Waals surface area contributed by atoms with Crippen molar-refractivity contribution in [3.05, 3.63) is 144 Å². The Morgan fingerprint density at radius 1 is 0.574 bits per heavy atom. The van der Waals surface area contributed by atoms with Crippen LogP contribution in [0.2, 0.25) is 0 Å². The van der Waals surface area contributed by atoms with Gasteiger partial charge in [0.15, 0.2) is 23.0 Å². The summed E-state index contributed by atoms with van der Waals surface area (Å²) in [5.74, 6) is -2.24. The highest BCUT2D eigenvalue weighted by Crippen LogP contribution is 2.31. The molecule has 0 aliphatic rings. The quantitative estimate of drug-likeness (QED) is 0.161. The van der Waals surface area contributed by atoms with Crippen LogP contribution in [0.5, 0.6) is 23.0 Å². The molecule has 12 heteroatoms. The molecular formula is C35H28N2O10. The summed E-state index contributed by atoms with van der Waals surface area (Å²) in [7, 11) is 2.53. The van der Waals surface area contributed by atoms with Crippen molar-refractivity contribution in [1.29, 1.82) is 0 Å². The van der Waals surface area contributed by atoms with Crippen molar-refractivity contribution < 1.29 is 48.0 Å². The highest BCUT2D eigenvalue weighted by atomic mass is 16.6. The van der Waals surface area contributed by atoms with Gasteiger partial charge in [0.1, 0.15) is 6.61 Å². The molecule has 0 spiro atoms. The van der Waals surface area contributed by atoms with E-state index in [9.17, 15) is 24.3 Å². The molecule has 47 heavy (non-hydrogen) atoms. The maximum atomic E-state index is 12.3. The first-order valence-electron chi connectivity index (χ1n) is 13.8. The number of nitrogens with zero attached hydrogens (tertiary/aromatic N) is 2. The van der Waals surface area contributed by atoms with Gasteiger partial charge in [0, 0.05) is 24.8 Å². The number of aromatic nitrogens is 2. The Morgan fingerprint density at radius 3 is 1.62 bits per heavy atom. The van der Waals surface area contributed by atoms with Crippen molar-refractivity contribution in [1.82, 2.24) is 9.97 Å². The molecule has 0 atom stereocenters. The van der Waals surface area contributed by atoms with Crippen LogP contribution in [-0.2, 0) is 16.1 Å². The van der Waals surface area contributed by atoms with Crippen LogP contribution >= 0.6 is 0 Å². The maximum Gasteiger partial charge on any atom is 0.345 e. The molecule has 0 saturated heterocycles. The zero-order valence-corrected chi connectivity index (χ0v) is 25.2. The molecule has 1 N–H and O–H groups in total. The number of benzene rings is 3. The molecule has 0 aliphatic heterocycles. The summed E-state index contributed by atoms with van der Waals surface area (Å²) in [6.45, 7) is 0.253. The monoisotopic (exact) mass is 636 g/mol. The lowest BCUT2D eigenvalue weighted by molar-refractivity contribution is 0.0591. The van der Waals surface area contributed by atoms with Gasteiger partial charge in [-0.2, -0.15) is 0 Å². The highest BCUT2D eigenvalue weighted by molar-refractivity contribution is 5.93. The molecule has 0 radical (unpaired) electrons. The molecule has 0 bridgehead atoms. The number of carbonyl (C=O) groups is 4. The van der Waals surface area contributed by atoms with Crippen molar-refractivity contribution in [3.63, 3.8) is 0 Å². The Labute approximate surface area is 269 Å². The van der Waals surface area contributed by atoms with E-state index in [4.69, 9.17) is 18.9 Å². The summed E-state index contributed by atoms with van der Waals surface area (Å²) < 4.78 is 25.5. The summed E-state index contributed by atoms with van der Waals surface area (Å²) in [6.07, 6.45) is 5.85. The molecule has 0 aliphatic carbocycles. The largest absolute Gasteiger partial charge is 0.504 e. The van der Waals surface area contributed by atoms with Crippen LogP contribution in [0.4, 0.5) is 0 Å². The van der Waals surface area contributed by atoms with Gasteiger partial charge in [0.25, 0.3) is 0 Å². The second-order valence-corrected chi connectivity index (χ2v) is 9.36. The minimum Gasteiger partial charge on any atom is -0.504 e. The molecule has 0 unspecified atom stereocenters. The van der Waals surface area contributed by atoms with Crippen molar-refractivity contribution >= 4 is 23.9 Å². The first-order chi connectivity index (χ1) is 22.8. The Balaban J connectivity index is 0.000000223. The Kier molecular flexibility index (Phi) is 11.7. The normalized spacial score (nSPS) is 10.0. The molecule has 12 nitrogen and oxygen atoms in total.